The molecular weight excluding hydrogens is 266 g/mol. The highest BCUT2D eigenvalue weighted by molar-refractivity contribution is 5.92. The fourth-order valence-electron chi connectivity index (χ4n) is 2.82. The molecule has 0 radical (unpaired) electrons. The van der Waals surface area contributed by atoms with Gasteiger partial charge in [-0.15, -0.1) is 0 Å². The highest BCUT2D eigenvalue weighted by Crippen LogP contribution is 2.24. The van der Waals surface area contributed by atoms with E-state index in [1.807, 2.05) is 24.3 Å². The molecule has 1 amide bonds. The second kappa shape index (κ2) is 7.84. The van der Waals surface area contributed by atoms with Crippen LogP contribution < -0.4 is 10.1 Å². The van der Waals surface area contributed by atoms with Crippen molar-refractivity contribution in [3.8, 4) is 5.75 Å². The summed E-state index contributed by atoms with van der Waals surface area (Å²) in [6.45, 7) is 0.140. The molecule has 4 heteroatoms. The first kappa shape index (κ1) is 15.6. The van der Waals surface area contributed by atoms with Gasteiger partial charge in [-0.3, -0.25) is 4.79 Å². The summed E-state index contributed by atoms with van der Waals surface area (Å²) in [5.41, 5.74) is 0.873. The molecule has 1 aromatic rings. The van der Waals surface area contributed by atoms with E-state index >= 15 is 0 Å². The Hall–Kier alpha value is -1.81. The molecule has 4 nitrogen and oxygen atoms in total. The SMILES string of the molecule is COc1ccccc1/C=C/C(=O)NC1CCCCC1CO. The third-order valence-corrected chi connectivity index (χ3v) is 4.02. The fraction of sp³-hybridized carbons (Fsp3) is 0.471. The Morgan fingerprint density at radius 2 is 2.14 bits per heavy atom. The molecule has 114 valence electrons. The van der Waals surface area contributed by atoms with Crippen molar-refractivity contribution in [1.82, 2.24) is 5.32 Å². The Morgan fingerprint density at radius 1 is 1.38 bits per heavy atom. The number of nitrogens with one attached hydrogen (secondary N) is 1. The van der Waals surface area contributed by atoms with Gasteiger partial charge in [0.1, 0.15) is 5.75 Å². The summed E-state index contributed by atoms with van der Waals surface area (Å²) in [5.74, 6) is 0.807. The minimum atomic E-state index is -0.119. The van der Waals surface area contributed by atoms with Crippen LogP contribution in [0.3, 0.4) is 0 Å². The molecule has 0 spiro atoms. The predicted molar refractivity (Wildman–Crippen MR) is 83.0 cm³/mol. The molecule has 21 heavy (non-hydrogen) atoms. The number of carbonyl (C=O) groups is 1. The van der Waals surface area contributed by atoms with Crippen LogP contribution in [0.2, 0.25) is 0 Å². The molecule has 0 saturated heterocycles. The number of methoxy groups -OCH3 is 1. The maximum atomic E-state index is 12.0. The third kappa shape index (κ3) is 4.33. The zero-order chi connectivity index (χ0) is 15.1. The highest BCUT2D eigenvalue weighted by atomic mass is 16.5. The van der Waals surface area contributed by atoms with E-state index in [2.05, 4.69) is 5.32 Å². The molecule has 0 aliphatic heterocycles. The van der Waals surface area contributed by atoms with Crippen molar-refractivity contribution in [2.45, 2.75) is 31.7 Å². The Balaban J connectivity index is 1.96. The number of hydrogen-bond acceptors (Lipinski definition) is 3. The van der Waals surface area contributed by atoms with Gasteiger partial charge in [0.25, 0.3) is 0 Å². The molecule has 1 saturated carbocycles. The van der Waals surface area contributed by atoms with E-state index in [0.717, 1.165) is 37.0 Å². The highest BCUT2D eigenvalue weighted by Gasteiger charge is 2.25. The van der Waals surface area contributed by atoms with Gasteiger partial charge >= 0.3 is 0 Å². The summed E-state index contributed by atoms with van der Waals surface area (Å²) in [6.07, 6.45) is 7.45. The van der Waals surface area contributed by atoms with Gasteiger partial charge in [-0.05, 0) is 25.0 Å². The lowest BCUT2D eigenvalue weighted by Gasteiger charge is -2.30. The van der Waals surface area contributed by atoms with Crippen LogP contribution in [0, 0.1) is 5.92 Å². The van der Waals surface area contributed by atoms with Crippen LogP contribution in [-0.2, 0) is 4.79 Å². The molecule has 1 fully saturated rings. The topological polar surface area (TPSA) is 58.6 Å². The van der Waals surface area contributed by atoms with E-state index in [9.17, 15) is 9.90 Å². The first-order valence-electron chi connectivity index (χ1n) is 7.47. The Labute approximate surface area is 125 Å². The summed E-state index contributed by atoms with van der Waals surface area (Å²) >= 11 is 0. The first-order valence-corrected chi connectivity index (χ1v) is 7.47. The molecule has 0 aromatic heterocycles. The monoisotopic (exact) mass is 289 g/mol. The van der Waals surface area contributed by atoms with Gasteiger partial charge in [-0.1, -0.05) is 31.0 Å². The summed E-state index contributed by atoms with van der Waals surface area (Å²) in [4.78, 5) is 12.0. The molecule has 2 N–H and O–H groups in total. The molecule has 0 heterocycles. The van der Waals surface area contributed by atoms with E-state index in [-0.39, 0.29) is 24.5 Å². The van der Waals surface area contributed by atoms with E-state index in [1.165, 1.54) is 6.08 Å². The summed E-state index contributed by atoms with van der Waals surface area (Å²) < 4.78 is 5.25. The molecule has 2 unspecified atom stereocenters. The van der Waals surface area contributed by atoms with Gasteiger partial charge in [0, 0.05) is 30.2 Å². The Kier molecular flexibility index (Phi) is 5.81. The molecule has 1 aliphatic rings. The molecule has 2 atom stereocenters. The smallest absolute Gasteiger partial charge is 0.244 e. The summed E-state index contributed by atoms with van der Waals surface area (Å²) in [5, 5.41) is 12.4. The number of amides is 1. The normalized spacial score (nSPS) is 22.2. The zero-order valence-electron chi connectivity index (χ0n) is 12.4. The van der Waals surface area contributed by atoms with Crippen LogP contribution in [0.1, 0.15) is 31.2 Å². The lowest BCUT2D eigenvalue weighted by atomic mass is 9.85. The van der Waals surface area contributed by atoms with E-state index < -0.39 is 0 Å². The van der Waals surface area contributed by atoms with Crippen molar-refractivity contribution in [1.29, 1.82) is 0 Å². The van der Waals surface area contributed by atoms with Crippen LogP contribution in [-0.4, -0.2) is 30.8 Å². The standard InChI is InChI=1S/C17H23NO3/c1-21-16-9-5-3-6-13(16)10-11-17(20)18-15-8-4-2-7-14(15)12-19/h3,5-6,9-11,14-15,19H,2,4,7-8,12H2,1H3,(H,18,20)/b11-10+. The summed E-state index contributed by atoms with van der Waals surface area (Å²) in [6, 6.07) is 7.64. The number of ether oxygens (including phenoxy) is 1. The number of aliphatic hydroxyl groups is 1. The third-order valence-electron chi connectivity index (χ3n) is 4.02. The van der Waals surface area contributed by atoms with Crippen LogP contribution in [0.25, 0.3) is 6.08 Å². The fourth-order valence-corrected chi connectivity index (χ4v) is 2.82. The average Bonchev–Trinajstić information content (AvgIpc) is 2.53. The first-order chi connectivity index (χ1) is 10.2. The van der Waals surface area contributed by atoms with Crippen molar-refractivity contribution in [3.63, 3.8) is 0 Å². The van der Waals surface area contributed by atoms with Gasteiger partial charge in [-0.2, -0.15) is 0 Å². The summed E-state index contributed by atoms with van der Waals surface area (Å²) in [7, 11) is 1.61. The van der Waals surface area contributed by atoms with Gasteiger partial charge in [0.2, 0.25) is 5.91 Å². The lowest BCUT2D eigenvalue weighted by Crippen LogP contribution is -2.42. The lowest BCUT2D eigenvalue weighted by molar-refractivity contribution is -0.117. The number of hydrogen-bond donors (Lipinski definition) is 2. The second-order valence-electron chi connectivity index (χ2n) is 5.42. The number of rotatable bonds is 5. The largest absolute Gasteiger partial charge is 0.496 e. The van der Waals surface area contributed by atoms with Crippen molar-refractivity contribution in [2.24, 2.45) is 5.92 Å². The van der Waals surface area contributed by atoms with E-state index in [4.69, 9.17) is 4.74 Å². The molecule has 1 aromatic carbocycles. The Bertz CT molecular complexity index is 499. The quantitative estimate of drug-likeness (QED) is 0.818. The van der Waals surface area contributed by atoms with Crippen molar-refractivity contribution >= 4 is 12.0 Å². The Morgan fingerprint density at radius 3 is 2.90 bits per heavy atom. The average molecular weight is 289 g/mol. The van der Waals surface area contributed by atoms with Crippen molar-refractivity contribution in [2.75, 3.05) is 13.7 Å². The molecular formula is C17H23NO3. The van der Waals surface area contributed by atoms with Gasteiger partial charge in [0.15, 0.2) is 0 Å². The zero-order valence-corrected chi connectivity index (χ0v) is 12.4. The minimum absolute atomic E-state index is 0.0820. The van der Waals surface area contributed by atoms with Crippen molar-refractivity contribution in [3.05, 3.63) is 35.9 Å². The second-order valence-corrected chi connectivity index (χ2v) is 5.42. The number of carbonyl (C=O) groups excluding carboxylic acids is 1. The van der Waals surface area contributed by atoms with Crippen LogP contribution in [0.15, 0.2) is 30.3 Å². The van der Waals surface area contributed by atoms with Gasteiger partial charge in [-0.25, -0.2) is 0 Å². The van der Waals surface area contributed by atoms with Crippen LogP contribution in [0.5, 0.6) is 5.75 Å². The van der Waals surface area contributed by atoms with E-state index in [1.54, 1.807) is 13.2 Å². The molecule has 0 bridgehead atoms. The van der Waals surface area contributed by atoms with E-state index in [0.29, 0.717) is 0 Å². The predicted octanol–water partition coefficient (Wildman–Crippen LogP) is 2.38. The van der Waals surface area contributed by atoms with Crippen LogP contribution >= 0.6 is 0 Å². The van der Waals surface area contributed by atoms with Gasteiger partial charge < -0.3 is 15.2 Å². The number of benzene rings is 1. The molecule has 1 aliphatic carbocycles. The van der Waals surface area contributed by atoms with Crippen LogP contribution in [0.4, 0.5) is 0 Å². The maximum Gasteiger partial charge on any atom is 0.244 e. The molecule has 2 rings (SSSR count). The maximum absolute atomic E-state index is 12.0. The van der Waals surface area contributed by atoms with Gasteiger partial charge in [0.05, 0.1) is 7.11 Å². The number of para-hydroxylation sites is 1. The minimum Gasteiger partial charge on any atom is -0.496 e. The number of aliphatic hydroxyl groups excluding tert-OH is 1. The van der Waals surface area contributed by atoms with Crippen molar-refractivity contribution < 1.29 is 14.6 Å².